The zero-order chi connectivity index (χ0) is 25.6. The highest BCUT2D eigenvalue weighted by Gasteiger charge is 2.53. The van der Waals surface area contributed by atoms with Crippen molar-refractivity contribution < 1.29 is 60.8 Å². The summed E-state index contributed by atoms with van der Waals surface area (Å²) in [5.41, 5.74) is -1.15. The number of hydrogen-bond donors (Lipinski definition) is 0. The minimum absolute atomic E-state index is 0.543. The predicted molar refractivity (Wildman–Crippen MR) is 104 cm³/mol. The summed E-state index contributed by atoms with van der Waals surface area (Å²) in [7, 11) is 0. The fraction of sp³-hybridized carbons (Fsp3) is 0.524. The molecule has 0 bridgehead atoms. The van der Waals surface area contributed by atoms with Crippen molar-refractivity contribution in [3.63, 3.8) is 0 Å². The summed E-state index contributed by atoms with van der Waals surface area (Å²) in [6.45, 7) is 3.59. The summed E-state index contributed by atoms with van der Waals surface area (Å²) in [4.78, 5) is 46.5. The fourth-order valence-electron chi connectivity index (χ4n) is 3.21. The Morgan fingerprint density at radius 3 is 1.88 bits per heavy atom. The normalized spacial score (nSPS) is 24.5. The van der Waals surface area contributed by atoms with Gasteiger partial charge >= 0.3 is 30.1 Å². The second-order valence-electron chi connectivity index (χ2n) is 7.18. The first-order valence-corrected chi connectivity index (χ1v) is 9.93. The minimum Gasteiger partial charge on any atom is -0.463 e. The van der Waals surface area contributed by atoms with Crippen LogP contribution in [-0.4, -0.2) is 61.2 Å². The molecule has 0 saturated carbocycles. The number of carbonyl (C=O) groups excluding carboxylic acids is 4. The van der Waals surface area contributed by atoms with Gasteiger partial charge in [-0.2, -0.15) is 13.2 Å². The van der Waals surface area contributed by atoms with Gasteiger partial charge in [0.2, 0.25) is 12.4 Å². The van der Waals surface area contributed by atoms with Crippen LogP contribution in [-0.2, 0) is 49.0 Å². The Morgan fingerprint density at radius 1 is 0.824 bits per heavy atom. The Hall–Kier alpha value is -3.35. The maximum Gasteiger partial charge on any atom is 0.419 e. The molecule has 5 atom stereocenters. The van der Waals surface area contributed by atoms with E-state index in [2.05, 4.69) is 0 Å². The molecule has 1 heterocycles. The lowest BCUT2D eigenvalue weighted by Gasteiger charge is -2.44. The molecule has 188 valence electrons. The predicted octanol–water partition coefficient (Wildman–Crippen LogP) is 2.17. The Bertz CT molecular complexity index is 916. The molecule has 1 aromatic rings. The summed E-state index contributed by atoms with van der Waals surface area (Å²) in [5.74, 6) is -4.06. The van der Waals surface area contributed by atoms with Crippen molar-refractivity contribution in [1.82, 2.24) is 0 Å². The van der Waals surface area contributed by atoms with Gasteiger partial charge in [-0.05, 0) is 12.1 Å². The van der Waals surface area contributed by atoms with Crippen LogP contribution in [0.3, 0.4) is 0 Å². The highest BCUT2D eigenvalue weighted by Crippen LogP contribution is 2.38. The maximum atomic E-state index is 13.5. The van der Waals surface area contributed by atoms with Crippen LogP contribution >= 0.6 is 0 Å². The Morgan fingerprint density at radius 2 is 1.35 bits per heavy atom. The molecule has 0 aromatic heterocycles. The van der Waals surface area contributed by atoms with Crippen molar-refractivity contribution in [3.8, 4) is 5.75 Å². The van der Waals surface area contributed by atoms with E-state index in [0.29, 0.717) is 0 Å². The number of alkyl halides is 3. The third kappa shape index (κ3) is 7.33. The highest BCUT2D eigenvalue weighted by atomic mass is 19.4. The molecule has 0 spiro atoms. The van der Waals surface area contributed by atoms with Crippen molar-refractivity contribution in [1.29, 1.82) is 0 Å². The maximum absolute atomic E-state index is 13.5. The molecule has 0 N–H and O–H groups in total. The quantitative estimate of drug-likeness (QED) is 0.413. The first-order chi connectivity index (χ1) is 15.8. The molecular weight excluding hydrogens is 469 g/mol. The van der Waals surface area contributed by atoms with Crippen molar-refractivity contribution >= 4 is 23.9 Å². The Labute approximate surface area is 192 Å². The number of halogens is 3. The van der Waals surface area contributed by atoms with E-state index in [1.807, 2.05) is 0 Å². The zero-order valence-corrected chi connectivity index (χ0v) is 18.6. The molecule has 0 aliphatic carbocycles. The molecular formula is C21H23F3O10. The van der Waals surface area contributed by atoms with E-state index in [4.69, 9.17) is 28.4 Å². The number of carbonyl (C=O) groups is 4. The molecule has 1 aliphatic heterocycles. The molecule has 1 saturated heterocycles. The van der Waals surface area contributed by atoms with Crippen molar-refractivity contribution in [2.24, 2.45) is 0 Å². The van der Waals surface area contributed by atoms with Crippen molar-refractivity contribution in [2.45, 2.75) is 64.6 Å². The van der Waals surface area contributed by atoms with Gasteiger partial charge in [0.1, 0.15) is 18.5 Å². The summed E-state index contributed by atoms with van der Waals surface area (Å²) in [5, 5.41) is 0. The number of rotatable bonds is 7. The van der Waals surface area contributed by atoms with Gasteiger partial charge in [0.25, 0.3) is 0 Å². The average Bonchev–Trinajstić information content (AvgIpc) is 2.69. The van der Waals surface area contributed by atoms with Crippen molar-refractivity contribution in [3.05, 3.63) is 29.8 Å². The topological polar surface area (TPSA) is 124 Å². The number of ether oxygens (including phenoxy) is 6. The summed E-state index contributed by atoms with van der Waals surface area (Å²) in [6, 6.07) is 4.19. The first-order valence-electron chi connectivity index (χ1n) is 9.93. The number of hydrogen-bond acceptors (Lipinski definition) is 10. The molecule has 0 radical (unpaired) electrons. The molecule has 0 unspecified atom stereocenters. The van der Waals surface area contributed by atoms with Crippen LogP contribution in [0.4, 0.5) is 13.2 Å². The summed E-state index contributed by atoms with van der Waals surface area (Å²) in [6.07, 6.45) is -12.6. The third-order valence-corrected chi connectivity index (χ3v) is 4.38. The first kappa shape index (κ1) is 26.9. The lowest BCUT2D eigenvalue weighted by Crippen LogP contribution is -2.63. The Kier molecular flexibility index (Phi) is 8.85. The SMILES string of the molecule is CC(=O)OC[C@H]1O[C@@H](Oc2ccccc2C(F)(F)F)[C@H](OC(C)=O)[C@@H](OC(C)=O)[C@H]1OC(C)=O. The van der Waals surface area contributed by atoms with E-state index in [1.54, 1.807) is 0 Å². The van der Waals surface area contributed by atoms with Gasteiger partial charge in [-0.15, -0.1) is 0 Å². The van der Waals surface area contributed by atoms with E-state index in [9.17, 15) is 32.3 Å². The zero-order valence-electron chi connectivity index (χ0n) is 18.6. The summed E-state index contributed by atoms with van der Waals surface area (Å²) < 4.78 is 71.9. The molecule has 1 aliphatic rings. The monoisotopic (exact) mass is 492 g/mol. The van der Waals surface area contributed by atoms with Crippen molar-refractivity contribution in [2.75, 3.05) is 6.61 Å². The average molecular weight is 492 g/mol. The molecule has 1 fully saturated rings. The van der Waals surface area contributed by atoms with Crippen LogP contribution in [0, 0.1) is 0 Å². The number of para-hydroxylation sites is 1. The second-order valence-corrected chi connectivity index (χ2v) is 7.18. The second kappa shape index (κ2) is 11.2. The number of esters is 4. The molecule has 0 amide bonds. The van der Waals surface area contributed by atoms with E-state index < -0.39 is 78.7 Å². The van der Waals surface area contributed by atoms with Crippen LogP contribution in [0.2, 0.25) is 0 Å². The van der Waals surface area contributed by atoms with E-state index in [-0.39, 0.29) is 0 Å². The standard InChI is InChI=1S/C21H23F3O10/c1-10(25)29-9-16-17(30-11(2)26)18(31-12(3)27)19(32-13(4)28)20(34-16)33-15-8-6-5-7-14(15)21(22,23)24/h5-8,16-20H,9H2,1-4H3/t16-,17+,18+,19-,20-/m1/s1. The van der Waals surface area contributed by atoms with Gasteiger partial charge in [0.15, 0.2) is 12.2 Å². The van der Waals surface area contributed by atoms with Gasteiger partial charge in [-0.25, -0.2) is 0 Å². The van der Waals surface area contributed by atoms with Gasteiger partial charge in [-0.1, -0.05) is 12.1 Å². The fourth-order valence-corrected chi connectivity index (χ4v) is 3.21. The number of benzene rings is 1. The largest absolute Gasteiger partial charge is 0.463 e. The lowest BCUT2D eigenvalue weighted by atomic mass is 9.98. The minimum atomic E-state index is -4.80. The molecule has 13 heteroatoms. The molecule has 10 nitrogen and oxygen atoms in total. The van der Waals surface area contributed by atoms with E-state index in [1.165, 1.54) is 6.07 Å². The molecule has 1 aromatic carbocycles. The molecule has 2 rings (SSSR count). The van der Waals surface area contributed by atoms with E-state index >= 15 is 0 Å². The summed E-state index contributed by atoms with van der Waals surface area (Å²) >= 11 is 0. The highest BCUT2D eigenvalue weighted by molar-refractivity contribution is 5.68. The van der Waals surface area contributed by atoms with Gasteiger partial charge < -0.3 is 28.4 Å². The third-order valence-electron chi connectivity index (χ3n) is 4.38. The van der Waals surface area contributed by atoms with Crippen LogP contribution in [0.25, 0.3) is 0 Å². The molecule has 34 heavy (non-hydrogen) atoms. The van der Waals surface area contributed by atoms with Crippen LogP contribution < -0.4 is 4.74 Å². The van der Waals surface area contributed by atoms with Crippen LogP contribution in [0.5, 0.6) is 5.75 Å². The van der Waals surface area contributed by atoms with Gasteiger partial charge in [0.05, 0.1) is 5.56 Å². The smallest absolute Gasteiger partial charge is 0.419 e. The lowest BCUT2D eigenvalue weighted by molar-refractivity contribution is -0.289. The van der Waals surface area contributed by atoms with Crippen LogP contribution in [0.15, 0.2) is 24.3 Å². The van der Waals surface area contributed by atoms with Crippen LogP contribution in [0.1, 0.15) is 33.3 Å². The van der Waals surface area contributed by atoms with Gasteiger partial charge in [0, 0.05) is 27.7 Å². The Balaban J connectivity index is 2.53. The van der Waals surface area contributed by atoms with E-state index in [0.717, 1.165) is 45.9 Å². The van der Waals surface area contributed by atoms with Gasteiger partial charge in [-0.3, -0.25) is 19.2 Å².